The molecule has 6 heteroatoms. The Morgan fingerprint density at radius 2 is 1.78 bits per heavy atom. The summed E-state index contributed by atoms with van der Waals surface area (Å²) in [5.74, 6) is 0.0858. The van der Waals surface area contributed by atoms with Crippen molar-refractivity contribution in [2.45, 2.75) is 13.5 Å². The summed E-state index contributed by atoms with van der Waals surface area (Å²) in [6.45, 7) is -1.04. The number of hydrogen-bond acceptors (Lipinski definition) is 4. The summed E-state index contributed by atoms with van der Waals surface area (Å²) in [5, 5.41) is 21.2. The summed E-state index contributed by atoms with van der Waals surface area (Å²) in [6, 6.07) is 6.02. The zero-order chi connectivity index (χ0) is 13.6. The first-order chi connectivity index (χ1) is 8.49. The molecule has 0 saturated heterocycles. The molecule has 0 heterocycles. The summed E-state index contributed by atoms with van der Waals surface area (Å²) in [7, 11) is 0. The van der Waals surface area contributed by atoms with Gasteiger partial charge in [0, 0.05) is 17.6 Å². The van der Waals surface area contributed by atoms with Crippen molar-refractivity contribution in [3.63, 3.8) is 0 Å². The number of nitrogens with one attached hydrogen (secondary N) is 1. The van der Waals surface area contributed by atoms with Crippen molar-refractivity contribution in [2.24, 2.45) is 5.41 Å². The molecular weight excluding hydrogens is 244 g/mol. The molecule has 18 heavy (non-hydrogen) atoms. The summed E-state index contributed by atoms with van der Waals surface area (Å²) in [4.78, 5) is 0. The van der Waals surface area contributed by atoms with E-state index in [1.165, 1.54) is 12.1 Å². The van der Waals surface area contributed by atoms with Crippen LogP contribution in [0, 0.1) is 5.41 Å². The SMILES string of the molecule is CC(CO)(CO)CNc1ccc(OC(F)F)cc1. The molecule has 0 spiro atoms. The molecule has 1 rings (SSSR count). The van der Waals surface area contributed by atoms with Gasteiger partial charge in [-0.1, -0.05) is 6.92 Å². The van der Waals surface area contributed by atoms with Gasteiger partial charge in [-0.15, -0.1) is 0 Å². The van der Waals surface area contributed by atoms with E-state index in [1.54, 1.807) is 19.1 Å². The Balaban J connectivity index is 2.53. The molecule has 0 unspecified atom stereocenters. The fraction of sp³-hybridized carbons (Fsp3) is 0.500. The highest BCUT2D eigenvalue weighted by Gasteiger charge is 2.21. The van der Waals surface area contributed by atoms with Gasteiger partial charge >= 0.3 is 6.61 Å². The van der Waals surface area contributed by atoms with Crippen LogP contribution in [0.15, 0.2) is 24.3 Å². The van der Waals surface area contributed by atoms with E-state index in [9.17, 15) is 8.78 Å². The quantitative estimate of drug-likeness (QED) is 0.699. The Morgan fingerprint density at radius 1 is 1.22 bits per heavy atom. The van der Waals surface area contributed by atoms with E-state index in [4.69, 9.17) is 10.2 Å². The lowest BCUT2D eigenvalue weighted by Crippen LogP contribution is -2.33. The van der Waals surface area contributed by atoms with Gasteiger partial charge in [0.2, 0.25) is 0 Å². The maximum atomic E-state index is 11.9. The van der Waals surface area contributed by atoms with Gasteiger partial charge in [0.25, 0.3) is 0 Å². The van der Waals surface area contributed by atoms with Crippen molar-refractivity contribution in [1.29, 1.82) is 0 Å². The predicted molar refractivity (Wildman–Crippen MR) is 63.8 cm³/mol. The number of benzene rings is 1. The van der Waals surface area contributed by atoms with E-state index < -0.39 is 12.0 Å². The first-order valence-electron chi connectivity index (χ1n) is 5.49. The highest BCUT2D eigenvalue weighted by Crippen LogP contribution is 2.20. The number of aliphatic hydroxyl groups is 2. The van der Waals surface area contributed by atoms with Gasteiger partial charge in [0.05, 0.1) is 13.2 Å². The maximum absolute atomic E-state index is 11.9. The number of halogens is 2. The molecule has 0 amide bonds. The van der Waals surface area contributed by atoms with Gasteiger partial charge in [-0.3, -0.25) is 0 Å². The zero-order valence-electron chi connectivity index (χ0n) is 10.1. The van der Waals surface area contributed by atoms with Crippen molar-refractivity contribution in [1.82, 2.24) is 0 Å². The molecule has 0 bridgehead atoms. The molecular formula is C12H17F2NO3. The molecule has 1 aromatic rings. The normalized spacial score (nSPS) is 11.7. The van der Waals surface area contributed by atoms with E-state index >= 15 is 0 Å². The smallest absolute Gasteiger partial charge is 0.387 e. The molecule has 102 valence electrons. The monoisotopic (exact) mass is 261 g/mol. The van der Waals surface area contributed by atoms with Crippen molar-refractivity contribution in [3.05, 3.63) is 24.3 Å². The Kier molecular flexibility index (Phi) is 5.30. The number of anilines is 1. The summed E-state index contributed by atoms with van der Waals surface area (Å²) in [5.41, 5.74) is 0.0720. The van der Waals surface area contributed by atoms with Crippen LogP contribution >= 0.6 is 0 Å². The van der Waals surface area contributed by atoms with Crippen LogP contribution in [0.3, 0.4) is 0 Å². The van der Waals surface area contributed by atoms with Gasteiger partial charge in [-0.05, 0) is 24.3 Å². The van der Waals surface area contributed by atoms with Gasteiger partial charge in [-0.2, -0.15) is 8.78 Å². The number of aliphatic hydroxyl groups excluding tert-OH is 2. The van der Waals surface area contributed by atoms with Gasteiger partial charge in [0.1, 0.15) is 5.75 Å². The highest BCUT2D eigenvalue weighted by atomic mass is 19.3. The molecule has 0 aliphatic rings. The molecule has 0 radical (unpaired) electrons. The number of alkyl halides is 2. The Bertz CT molecular complexity index is 353. The third-order valence-corrected chi connectivity index (χ3v) is 2.56. The molecule has 4 nitrogen and oxygen atoms in total. The standard InChI is InChI=1S/C12H17F2NO3/c1-12(7-16,8-17)6-15-9-2-4-10(5-3-9)18-11(13)14/h2-5,11,15-17H,6-8H2,1H3. The minimum absolute atomic E-state index is 0.0858. The average molecular weight is 261 g/mol. The Hall–Kier alpha value is -1.40. The summed E-state index contributed by atoms with van der Waals surface area (Å²) >= 11 is 0. The number of hydrogen-bond donors (Lipinski definition) is 3. The minimum atomic E-state index is -2.84. The molecule has 0 atom stereocenters. The first-order valence-corrected chi connectivity index (χ1v) is 5.49. The third-order valence-electron chi connectivity index (χ3n) is 2.56. The molecule has 0 saturated carbocycles. The van der Waals surface area contributed by atoms with Crippen LogP contribution in [-0.4, -0.2) is 36.6 Å². The van der Waals surface area contributed by atoms with Crippen molar-refractivity contribution >= 4 is 5.69 Å². The van der Waals surface area contributed by atoms with E-state index in [0.717, 1.165) is 0 Å². The fourth-order valence-corrected chi connectivity index (χ4v) is 1.23. The lowest BCUT2D eigenvalue weighted by Gasteiger charge is -2.25. The molecule has 0 fully saturated rings. The first kappa shape index (κ1) is 14.7. The fourth-order valence-electron chi connectivity index (χ4n) is 1.23. The highest BCUT2D eigenvalue weighted by molar-refractivity contribution is 5.46. The van der Waals surface area contributed by atoms with Crippen LogP contribution in [0.2, 0.25) is 0 Å². The van der Waals surface area contributed by atoms with E-state index in [0.29, 0.717) is 12.2 Å². The van der Waals surface area contributed by atoms with Crippen molar-refractivity contribution < 1.29 is 23.7 Å². The van der Waals surface area contributed by atoms with Crippen molar-refractivity contribution in [3.8, 4) is 5.75 Å². The molecule has 3 N–H and O–H groups in total. The van der Waals surface area contributed by atoms with Gasteiger partial charge < -0.3 is 20.3 Å². The number of rotatable bonds is 7. The van der Waals surface area contributed by atoms with Crippen LogP contribution < -0.4 is 10.1 Å². The molecule has 0 aromatic heterocycles. The maximum Gasteiger partial charge on any atom is 0.387 e. The average Bonchev–Trinajstić information content (AvgIpc) is 2.37. The van der Waals surface area contributed by atoms with Crippen LogP contribution in [0.1, 0.15) is 6.92 Å². The molecule has 1 aromatic carbocycles. The van der Waals surface area contributed by atoms with Crippen LogP contribution in [0.25, 0.3) is 0 Å². The van der Waals surface area contributed by atoms with Gasteiger partial charge in [-0.25, -0.2) is 0 Å². The minimum Gasteiger partial charge on any atom is -0.435 e. The summed E-state index contributed by atoms with van der Waals surface area (Å²) < 4.78 is 28.1. The topological polar surface area (TPSA) is 61.7 Å². The molecule has 0 aliphatic heterocycles. The van der Waals surface area contributed by atoms with E-state index in [1.807, 2.05) is 0 Å². The largest absolute Gasteiger partial charge is 0.435 e. The van der Waals surface area contributed by atoms with Crippen molar-refractivity contribution in [2.75, 3.05) is 25.1 Å². The molecule has 0 aliphatic carbocycles. The lowest BCUT2D eigenvalue weighted by molar-refractivity contribution is -0.0498. The van der Waals surface area contributed by atoms with Crippen LogP contribution in [0.4, 0.5) is 14.5 Å². The third kappa shape index (κ3) is 4.46. The second-order valence-electron chi connectivity index (χ2n) is 4.38. The Morgan fingerprint density at radius 3 is 2.22 bits per heavy atom. The van der Waals surface area contributed by atoms with Crippen LogP contribution in [0.5, 0.6) is 5.75 Å². The lowest BCUT2D eigenvalue weighted by atomic mass is 9.93. The second-order valence-corrected chi connectivity index (χ2v) is 4.38. The van der Waals surface area contributed by atoms with E-state index in [-0.39, 0.29) is 19.0 Å². The van der Waals surface area contributed by atoms with E-state index in [2.05, 4.69) is 10.1 Å². The zero-order valence-corrected chi connectivity index (χ0v) is 10.1. The van der Waals surface area contributed by atoms with Crippen LogP contribution in [-0.2, 0) is 0 Å². The second kappa shape index (κ2) is 6.51. The van der Waals surface area contributed by atoms with Gasteiger partial charge in [0.15, 0.2) is 0 Å². The Labute approximate surface area is 104 Å². The number of ether oxygens (including phenoxy) is 1. The summed E-state index contributed by atoms with van der Waals surface area (Å²) in [6.07, 6.45) is 0. The predicted octanol–water partition coefficient (Wildman–Crippen LogP) is 1.69.